The molecule has 7 nitrogen and oxygen atoms in total. The SMILES string of the molecule is Cc1ccccc1[C@H]1CCN(C[C@@H]2CCc3cccnc3[C@@H](O)C2)C[C@@H]1CNS(=O)(=O)N(C)C. The molecule has 2 N–H and O–H groups in total. The van der Waals surface area contributed by atoms with Gasteiger partial charge in [-0.2, -0.15) is 12.7 Å². The van der Waals surface area contributed by atoms with Crippen LogP contribution in [0.15, 0.2) is 42.6 Å². The summed E-state index contributed by atoms with van der Waals surface area (Å²) >= 11 is 0. The van der Waals surface area contributed by atoms with Gasteiger partial charge in [0.25, 0.3) is 10.2 Å². The van der Waals surface area contributed by atoms with Gasteiger partial charge in [0.15, 0.2) is 0 Å². The maximum atomic E-state index is 12.4. The molecule has 34 heavy (non-hydrogen) atoms. The van der Waals surface area contributed by atoms with Crippen LogP contribution in [-0.2, 0) is 16.6 Å². The van der Waals surface area contributed by atoms with Gasteiger partial charge in [0.05, 0.1) is 11.8 Å². The van der Waals surface area contributed by atoms with Crippen LogP contribution in [0.1, 0.15) is 53.7 Å². The number of aryl methyl sites for hydroxylation is 2. The highest BCUT2D eigenvalue weighted by atomic mass is 32.2. The molecule has 4 rings (SSSR count). The van der Waals surface area contributed by atoms with Crippen molar-refractivity contribution in [3.63, 3.8) is 0 Å². The molecule has 0 amide bonds. The van der Waals surface area contributed by atoms with E-state index in [-0.39, 0.29) is 5.92 Å². The van der Waals surface area contributed by atoms with Crippen LogP contribution in [0.4, 0.5) is 0 Å². The van der Waals surface area contributed by atoms with Gasteiger partial charge in [-0.25, -0.2) is 4.72 Å². The van der Waals surface area contributed by atoms with E-state index in [2.05, 4.69) is 51.9 Å². The summed E-state index contributed by atoms with van der Waals surface area (Å²) in [5.74, 6) is 0.882. The number of hydrogen-bond acceptors (Lipinski definition) is 5. The molecule has 0 unspecified atom stereocenters. The molecule has 186 valence electrons. The Morgan fingerprint density at radius 1 is 1.18 bits per heavy atom. The molecule has 2 heterocycles. The Morgan fingerprint density at radius 2 is 1.97 bits per heavy atom. The fourth-order valence-electron chi connectivity index (χ4n) is 5.63. The minimum absolute atomic E-state index is 0.180. The maximum absolute atomic E-state index is 12.4. The lowest BCUT2D eigenvalue weighted by atomic mass is 9.78. The molecule has 1 aliphatic carbocycles. The van der Waals surface area contributed by atoms with Crippen LogP contribution < -0.4 is 4.72 Å². The van der Waals surface area contributed by atoms with Gasteiger partial charge < -0.3 is 10.0 Å². The van der Waals surface area contributed by atoms with Crippen LogP contribution in [0, 0.1) is 18.8 Å². The number of rotatable bonds is 7. The van der Waals surface area contributed by atoms with Crippen LogP contribution in [0.2, 0.25) is 0 Å². The van der Waals surface area contributed by atoms with E-state index in [1.165, 1.54) is 15.4 Å². The van der Waals surface area contributed by atoms with Crippen molar-refractivity contribution in [3.8, 4) is 0 Å². The topological polar surface area (TPSA) is 85.8 Å². The first-order chi connectivity index (χ1) is 16.2. The Hall–Kier alpha value is -1.84. The summed E-state index contributed by atoms with van der Waals surface area (Å²) in [5.41, 5.74) is 4.58. The summed E-state index contributed by atoms with van der Waals surface area (Å²) in [6.07, 6.45) is 4.94. The van der Waals surface area contributed by atoms with Crippen molar-refractivity contribution in [2.75, 3.05) is 40.3 Å². The third kappa shape index (κ3) is 5.86. The minimum atomic E-state index is -3.48. The Bertz CT molecular complexity index is 1080. The lowest BCUT2D eigenvalue weighted by molar-refractivity contribution is 0.0982. The quantitative estimate of drug-likeness (QED) is 0.588. The lowest BCUT2D eigenvalue weighted by Gasteiger charge is -2.41. The number of benzene rings is 1. The van der Waals surface area contributed by atoms with Gasteiger partial charge in [0.1, 0.15) is 0 Å². The molecule has 8 heteroatoms. The molecule has 2 aliphatic rings. The predicted molar refractivity (Wildman–Crippen MR) is 135 cm³/mol. The molecule has 1 aliphatic heterocycles. The normalized spacial score (nSPS) is 26.3. The standard InChI is InChI=1S/C26H38N4O3S/c1-19-7-4-5-9-23(19)24-12-14-30(18-22(24)16-28-34(32,33)29(2)3)17-20-10-11-21-8-6-13-27-26(21)25(31)15-20/h4-9,13,20,22,24-25,28,31H,10-12,14-18H2,1-3H3/t20-,22+,24+,25+/m1/s1. The molecule has 2 aromatic rings. The van der Waals surface area contributed by atoms with E-state index in [1.54, 1.807) is 20.3 Å². The molecular formula is C26H38N4O3S. The summed E-state index contributed by atoms with van der Waals surface area (Å²) < 4.78 is 28.9. The van der Waals surface area contributed by atoms with E-state index >= 15 is 0 Å². The van der Waals surface area contributed by atoms with Crippen molar-refractivity contribution < 1.29 is 13.5 Å². The molecule has 0 saturated carbocycles. The molecule has 0 bridgehead atoms. The molecule has 1 saturated heterocycles. The van der Waals surface area contributed by atoms with Gasteiger partial charge in [-0.3, -0.25) is 4.98 Å². The zero-order valence-electron chi connectivity index (χ0n) is 20.5. The second-order valence-corrected chi connectivity index (χ2v) is 12.1. The summed E-state index contributed by atoms with van der Waals surface area (Å²) in [5, 5.41) is 10.8. The highest BCUT2D eigenvalue weighted by molar-refractivity contribution is 7.87. The minimum Gasteiger partial charge on any atom is -0.387 e. The van der Waals surface area contributed by atoms with Gasteiger partial charge in [0.2, 0.25) is 0 Å². The maximum Gasteiger partial charge on any atom is 0.278 e. The number of hydrogen-bond donors (Lipinski definition) is 2. The Balaban J connectivity index is 1.46. The molecule has 0 spiro atoms. The second kappa shape index (κ2) is 10.8. The van der Waals surface area contributed by atoms with Gasteiger partial charge in [-0.05, 0) is 79.7 Å². The zero-order chi connectivity index (χ0) is 24.3. The first-order valence-corrected chi connectivity index (χ1v) is 13.8. The Morgan fingerprint density at radius 3 is 2.74 bits per heavy atom. The number of nitrogens with zero attached hydrogens (tertiary/aromatic N) is 3. The van der Waals surface area contributed by atoms with E-state index in [1.807, 2.05) is 6.07 Å². The number of pyridine rings is 1. The van der Waals surface area contributed by atoms with Crippen LogP contribution >= 0.6 is 0 Å². The van der Waals surface area contributed by atoms with Crippen molar-refractivity contribution in [1.29, 1.82) is 0 Å². The summed E-state index contributed by atoms with van der Waals surface area (Å²) in [6.45, 7) is 5.29. The number of aliphatic hydroxyl groups excluding tert-OH is 1. The summed E-state index contributed by atoms with van der Waals surface area (Å²) in [7, 11) is -0.368. The van der Waals surface area contributed by atoms with Gasteiger partial charge >= 0.3 is 0 Å². The average Bonchev–Trinajstić information content (AvgIpc) is 2.97. The zero-order valence-corrected chi connectivity index (χ0v) is 21.3. The predicted octanol–water partition coefficient (Wildman–Crippen LogP) is 2.88. The van der Waals surface area contributed by atoms with Crippen LogP contribution in [-0.4, -0.2) is 68.0 Å². The van der Waals surface area contributed by atoms with Crippen LogP contribution in [0.25, 0.3) is 0 Å². The molecule has 4 atom stereocenters. The lowest BCUT2D eigenvalue weighted by Crippen LogP contribution is -2.47. The van der Waals surface area contributed by atoms with E-state index in [0.29, 0.717) is 18.4 Å². The monoisotopic (exact) mass is 486 g/mol. The highest BCUT2D eigenvalue weighted by Gasteiger charge is 2.34. The van der Waals surface area contributed by atoms with E-state index in [9.17, 15) is 13.5 Å². The van der Waals surface area contributed by atoms with Gasteiger partial charge in [-0.1, -0.05) is 30.3 Å². The van der Waals surface area contributed by atoms with Crippen molar-refractivity contribution in [1.82, 2.24) is 18.9 Å². The Kier molecular flexibility index (Phi) is 8.05. The third-order valence-corrected chi connectivity index (χ3v) is 9.04. The highest BCUT2D eigenvalue weighted by Crippen LogP contribution is 2.36. The molecule has 1 fully saturated rings. The van der Waals surface area contributed by atoms with Crippen molar-refractivity contribution in [2.45, 2.75) is 44.6 Å². The van der Waals surface area contributed by atoms with Crippen molar-refractivity contribution in [3.05, 3.63) is 65.0 Å². The molecular weight excluding hydrogens is 448 g/mol. The second-order valence-electron chi connectivity index (χ2n) is 10.1. The van der Waals surface area contributed by atoms with Crippen molar-refractivity contribution >= 4 is 10.2 Å². The fraction of sp³-hybridized carbons (Fsp3) is 0.577. The molecule has 1 aromatic heterocycles. The number of aromatic nitrogens is 1. The third-order valence-electron chi connectivity index (χ3n) is 7.55. The van der Waals surface area contributed by atoms with Crippen LogP contribution in [0.5, 0.6) is 0 Å². The summed E-state index contributed by atoms with van der Waals surface area (Å²) in [4.78, 5) is 6.91. The first kappa shape index (κ1) is 25.3. The fourth-order valence-corrected chi connectivity index (χ4v) is 6.31. The average molecular weight is 487 g/mol. The first-order valence-electron chi connectivity index (χ1n) is 12.3. The van der Waals surface area contributed by atoms with Crippen LogP contribution in [0.3, 0.4) is 0 Å². The smallest absolute Gasteiger partial charge is 0.278 e. The number of piperidine rings is 1. The van der Waals surface area contributed by atoms with E-state index in [4.69, 9.17) is 0 Å². The van der Waals surface area contributed by atoms with E-state index in [0.717, 1.165) is 56.6 Å². The number of fused-ring (bicyclic) bond motifs is 1. The van der Waals surface area contributed by atoms with Crippen molar-refractivity contribution in [2.24, 2.45) is 11.8 Å². The number of nitrogens with one attached hydrogen (secondary N) is 1. The molecule has 1 aromatic carbocycles. The van der Waals surface area contributed by atoms with Gasteiger partial charge in [-0.15, -0.1) is 0 Å². The largest absolute Gasteiger partial charge is 0.387 e. The Labute approximate surface area is 204 Å². The number of likely N-dealkylation sites (tertiary alicyclic amines) is 1. The summed E-state index contributed by atoms with van der Waals surface area (Å²) in [6, 6.07) is 12.5. The number of aliphatic hydroxyl groups is 1. The van der Waals surface area contributed by atoms with E-state index < -0.39 is 16.3 Å². The van der Waals surface area contributed by atoms with Gasteiger partial charge in [0, 0.05) is 39.9 Å². The molecule has 0 radical (unpaired) electrons.